The van der Waals surface area contributed by atoms with Crippen LogP contribution in [0.15, 0.2) is 11.0 Å². The van der Waals surface area contributed by atoms with Crippen LogP contribution in [0.3, 0.4) is 0 Å². The van der Waals surface area contributed by atoms with Gasteiger partial charge in [-0.25, -0.2) is 8.42 Å². The van der Waals surface area contributed by atoms with Gasteiger partial charge in [-0.05, 0) is 62.8 Å². The molecule has 7 nitrogen and oxygen atoms in total. The molecule has 1 saturated carbocycles. The molecule has 1 aromatic carbocycles. The molecule has 0 unspecified atom stereocenters. The van der Waals surface area contributed by atoms with E-state index >= 15 is 0 Å². The molecule has 27 heavy (non-hydrogen) atoms. The second kappa shape index (κ2) is 6.60. The minimum absolute atomic E-state index is 0.176. The Morgan fingerprint density at radius 1 is 0.963 bits per heavy atom. The lowest BCUT2D eigenvalue weighted by Crippen LogP contribution is -2.53. The summed E-state index contributed by atoms with van der Waals surface area (Å²) in [5.41, 5.74) is 2.09. The van der Waals surface area contributed by atoms with Gasteiger partial charge in [-0.2, -0.15) is 4.31 Å². The van der Waals surface area contributed by atoms with Crippen LogP contribution in [0, 0.1) is 33.1 Å². The molecule has 0 atom stereocenters. The fraction of sp³-hybridized carbons (Fsp3) is 0.579. The maximum absolute atomic E-state index is 13.3. The molecule has 2 aliphatic rings. The van der Waals surface area contributed by atoms with Crippen molar-refractivity contribution in [2.75, 3.05) is 26.2 Å². The highest BCUT2D eigenvalue weighted by atomic mass is 32.2. The Morgan fingerprint density at radius 2 is 1.44 bits per heavy atom. The van der Waals surface area contributed by atoms with E-state index in [1.165, 1.54) is 9.21 Å². The van der Waals surface area contributed by atoms with Gasteiger partial charge in [-0.15, -0.1) is 0 Å². The van der Waals surface area contributed by atoms with Crippen LogP contribution in [-0.4, -0.2) is 60.8 Å². The summed E-state index contributed by atoms with van der Waals surface area (Å²) >= 11 is 0. The Labute approximate surface area is 160 Å². The molecule has 1 aromatic rings. The Hall–Kier alpha value is -1.93. The van der Waals surface area contributed by atoms with Crippen LogP contribution < -0.4 is 0 Å². The summed E-state index contributed by atoms with van der Waals surface area (Å²) in [5.74, 6) is -1.46. The number of benzene rings is 1. The van der Waals surface area contributed by atoms with Crippen LogP contribution >= 0.6 is 0 Å². The SMILES string of the molecule is Cc1cc(C)c(C)c(S(=O)(=O)N2CCN(C(=O)C3(C(=O)O)CC3)CC2)c1C. The lowest BCUT2D eigenvalue weighted by Gasteiger charge is -2.36. The second-order valence-electron chi connectivity index (χ2n) is 7.67. The number of carbonyl (C=O) groups excluding carboxylic acids is 1. The Kier molecular flexibility index (Phi) is 4.84. The van der Waals surface area contributed by atoms with Crippen molar-refractivity contribution in [2.45, 2.75) is 45.4 Å². The van der Waals surface area contributed by atoms with Gasteiger partial charge >= 0.3 is 5.97 Å². The lowest BCUT2D eigenvalue weighted by molar-refractivity contribution is -0.154. The highest BCUT2D eigenvalue weighted by Crippen LogP contribution is 2.47. The Morgan fingerprint density at radius 3 is 1.85 bits per heavy atom. The van der Waals surface area contributed by atoms with E-state index in [1.807, 2.05) is 33.8 Å². The zero-order valence-electron chi connectivity index (χ0n) is 16.2. The van der Waals surface area contributed by atoms with Gasteiger partial charge in [0.05, 0.1) is 4.90 Å². The van der Waals surface area contributed by atoms with E-state index in [0.717, 1.165) is 22.3 Å². The van der Waals surface area contributed by atoms with E-state index in [2.05, 4.69) is 0 Å². The van der Waals surface area contributed by atoms with E-state index in [4.69, 9.17) is 0 Å². The second-order valence-corrected chi connectivity index (χ2v) is 9.55. The third kappa shape index (κ3) is 3.14. The lowest BCUT2D eigenvalue weighted by atomic mass is 10.0. The first-order valence-electron chi connectivity index (χ1n) is 9.12. The van der Waals surface area contributed by atoms with Crippen molar-refractivity contribution in [3.05, 3.63) is 28.3 Å². The first-order chi connectivity index (χ1) is 12.5. The average molecular weight is 394 g/mol. The highest BCUT2D eigenvalue weighted by molar-refractivity contribution is 7.89. The number of carboxylic acid groups (broad SMARTS) is 1. The molecule has 0 spiro atoms. The van der Waals surface area contributed by atoms with E-state index in [1.54, 1.807) is 0 Å². The summed E-state index contributed by atoms with van der Waals surface area (Å²) in [7, 11) is -3.67. The summed E-state index contributed by atoms with van der Waals surface area (Å²) in [6.07, 6.45) is 0.723. The molecule has 1 N–H and O–H groups in total. The summed E-state index contributed by atoms with van der Waals surface area (Å²) < 4.78 is 27.9. The third-order valence-corrected chi connectivity index (χ3v) is 8.16. The zero-order chi connectivity index (χ0) is 20.1. The van der Waals surface area contributed by atoms with Crippen molar-refractivity contribution >= 4 is 21.9 Å². The van der Waals surface area contributed by atoms with Gasteiger partial charge in [0.2, 0.25) is 15.9 Å². The number of piperazine rings is 1. The molecule has 0 bridgehead atoms. The topological polar surface area (TPSA) is 95.0 Å². The van der Waals surface area contributed by atoms with Crippen molar-refractivity contribution in [1.29, 1.82) is 0 Å². The molecule has 1 aliphatic carbocycles. The number of hydrogen-bond donors (Lipinski definition) is 1. The summed E-state index contributed by atoms with van der Waals surface area (Å²) in [6.45, 7) is 8.23. The van der Waals surface area contributed by atoms with Gasteiger partial charge in [-0.3, -0.25) is 9.59 Å². The van der Waals surface area contributed by atoms with Crippen LogP contribution in [0.4, 0.5) is 0 Å². The Balaban J connectivity index is 1.80. The number of sulfonamides is 1. The number of rotatable bonds is 4. The highest BCUT2D eigenvalue weighted by Gasteiger charge is 2.58. The van der Waals surface area contributed by atoms with Crippen molar-refractivity contribution < 1.29 is 23.1 Å². The molecule has 1 saturated heterocycles. The fourth-order valence-electron chi connectivity index (χ4n) is 3.78. The largest absolute Gasteiger partial charge is 0.480 e. The predicted octanol–water partition coefficient (Wildman–Crippen LogP) is 1.62. The molecule has 3 rings (SSSR count). The summed E-state index contributed by atoms with van der Waals surface area (Å²) in [6, 6.07) is 1.99. The Bertz CT molecular complexity index is 884. The molecule has 0 aromatic heterocycles. The monoisotopic (exact) mass is 394 g/mol. The standard InChI is InChI=1S/C19H26N2O5S/c1-12-11-13(2)15(4)16(14(12)3)27(25,26)21-9-7-20(8-10-21)17(22)19(5-6-19)18(23)24/h11H,5-10H2,1-4H3,(H,23,24). The molecule has 1 heterocycles. The van der Waals surface area contributed by atoms with Crippen molar-refractivity contribution in [1.82, 2.24) is 9.21 Å². The number of hydrogen-bond acceptors (Lipinski definition) is 4. The third-order valence-electron chi connectivity index (χ3n) is 5.99. The van der Waals surface area contributed by atoms with Gasteiger partial charge in [0.25, 0.3) is 0 Å². The smallest absolute Gasteiger partial charge is 0.319 e. The van der Waals surface area contributed by atoms with Crippen LogP contribution in [0.5, 0.6) is 0 Å². The molecule has 1 amide bonds. The van der Waals surface area contributed by atoms with Crippen LogP contribution in [0.25, 0.3) is 0 Å². The zero-order valence-corrected chi connectivity index (χ0v) is 17.0. The quantitative estimate of drug-likeness (QED) is 0.783. The number of aliphatic carboxylic acids is 1. The van der Waals surface area contributed by atoms with Gasteiger partial charge in [0.1, 0.15) is 5.41 Å². The van der Waals surface area contributed by atoms with Crippen LogP contribution in [0.1, 0.15) is 35.1 Å². The number of carbonyl (C=O) groups is 2. The first-order valence-corrected chi connectivity index (χ1v) is 10.6. The average Bonchev–Trinajstić information content (AvgIpc) is 3.41. The molecular formula is C19H26N2O5S. The van der Waals surface area contributed by atoms with Crippen molar-refractivity contribution in [3.63, 3.8) is 0 Å². The number of aryl methyl sites for hydroxylation is 2. The van der Waals surface area contributed by atoms with E-state index in [0.29, 0.717) is 17.7 Å². The maximum atomic E-state index is 13.3. The molecule has 0 radical (unpaired) electrons. The molecular weight excluding hydrogens is 368 g/mol. The van der Waals surface area contributed by atoms with Crippen LogP contribution in [0.2, 0.25) is 0 Å². The van der Waals surface area contributed by atoms with E-state index in [9.17, 15) is 23.1 Å². The number of amides is 1. The first kappa shape index (κ1) is 19.8. The molecule has 148 valence electrons. The summed E-state index contributed by atoms with van der Waals surface area (Å²) in [4.78, 5) is 25.7. The predicted molar refractivity (Wildman–Crippen MR) is 100 cm³/mol. The van der Waals surface area contributed by atoms with Gasteiger partial charge < -0.3 is 10.0 Å². The van der Waals surface area contributed by atoms with Gasteiger partial charge in [-0.1, -0.05) is 6.07 Å². The normalized spacial score (nSPS) is 19.8. The minimum atomic E-state index is -3.67. The number of nitrogens with zero attached hydrogens (tertiary/aromatic N) is 2. The summed E-state index contributed by atoms with van der Waals surface area (Å²) in [5, 5.41) is 9.29. The molecule has 2 fully saturated rings. The van der Waals surface area contributed by atoms with Crippen LogP contribution in [-0.2, 0) is 19.6 Å². The van der Waals surface area contributed by atoms with Gasteiger partial charge in [0, 0.05) is 26.2 Å². The minimum Gasteiger partial charge on any atom is -0.480 e. The number of carboxylic acids is 1. The van der Waals surface area contributed by atoms with Crippen molar-refractivity contribution in [3.8, 4) is 0 Å². The van der Waals surface area contributed by atoms with E-state index in [-0.39, 0.29) is 32.1 Å². The maximum Gasteiger partial charge on any atom is 0.319 e. The van der Waals surface area contributed by atoms with Crippen molar-refractivity contribution in [2.24, 2.45) is 5.41 Å². The van der Waals surface area contributed by atoms with E-state index < -0.39 is 21.4 Å². The molecule has 8 heteroatoms. The fourth-order valence-corrected chi connectivity index (χ4v) is 5.77. The molecule has 1 aliphatic heterocycles. The van der Waals surface area contributed by atoms with Gasteiger partial charge in [0.15, 0.2) is 0 Å².